The molecule has 0 aromatic carbocycles. The summed E-state index contributed by atoms with van der Waals surface area (Å²) >= 11 is 0. The molecule has 72 valence electrons. The van der Waals surface area contributed by atoms with E-state index >= 15 is 0 Å². The minimum Gasteiger partial charge on any atom is -0.453 e. The Morgan fingerprint density at radius 2 is 2.62 bits per heavy atom. The normalized spacial score (nSPS) is 17.3. The van der Waals surface area contributed by atoms with Gasteiger partial charge in [0.15, 0.2) is 0 Å². The van der Waals surface area contributed by atoms with Gasteiger partial charge in [-0.3, -0.25) is 0 Å². The number of nitrogens with zero attached hydrogens (tertiary/aromatic N) is 2. The van der Waals surface area contributed by atoms with Gasteiger partial charge in [-0.05, 0) is 12.0 Å². The van der Waals surface area contributed by atoms with Crippen molar-refractivity contribution >= 4 is 12.3 Å². The number of hydrogen-bond donors (Lipinski definition) is 1. The van der Waals surface area contributed by atoms with Crippen molar-refractivity contribution < 1.29 is 14.7 Å². The molecule has 0 saturated heterocycles. The summed E-state index contributed by atoms with van der Waals surface area (Å²) in [5.41, 5.74) is 0.819. The van der Waals surface area contributed by atoms with Crippen LogP contribution in [0, 0.1) is 0 Å². The number of carbonyl (C=O) groups is 1. The van der Waals surface area contributed by atoms with Gasteiger partial charge in [-0.15, -0.1) is 0 Å². The smallest absolute Gasteiger partial charge is 0.409 e. The zero-order valence-corrected chi connectivity index (χ0v) is 7.43. The van der Waals surface area contributed by atoms with Crippen molar-refractivity contribution in [3.05, 3.63) is 11.6 Å². The molecule has 0 unspecified atom stereocenters. The Labute approximate surface area is 76.3 Å². The maximum Gasteiger partial charge on any atom is 0.409 e. The molecule has 5 nitrogen and oxygen atoms in total. The molecule has 1 amide bonds. The molecule has 1 rings (SSSR count). The highest BCUT2D eigenvalue weighted by molar-refractivity contribution is 5.80. The van der Waals surface area contributed by atoms with E-state index in [0.29, 0.717) is 13.1 Å². The predicted molar refractivity (Wildman–Crippen MR) is 47.0 cm³/mol. The van der Waals surface area contributed by atoms with Gasteiger partial charge in [0.25, 0.3) is 0 Å². The summed E-state index contributed by atoms with van der Waals surface area (Å²) in [6.45, 7) is 1.09. The van der Waals surface area contributed by atoms with Crippen molar-refractivity contribution in [2.45, 2.75) is 6.42 Å². The first-order valence-corrected chi connectivity index (χ1v) is 3.97. The Hall–Kier alpha value is -1.52. The molecule has 0 fully saturated rings. The Morgan fingerprint density at radius 3 is 3.23 bits per heavy atom. The number of carbonyl (C=O) groups excluding carboxylic acids is 1. The monoisotopic (exact) mass is 184 g/mol. The lowest BCUT2D eigenvalue weighted by Crippen LogP contribution is -2.35. The van der Waals surface area contributed by atoms with Crippen LogP contribution in [0.4, 0.5) is 4.79 Å². The molecule has 0 aromatic heterocycles. The van der Waals surface area contributed by atoms with E-state index in [4.69, 9.17) is 5.21 Å². The first-order valence-electron chi connectivity index (χ1n) is 3.97. The molecule has 0 bridgehead atoms. The van der Waals surface area contributed by atoms with Crippen molar-refractivity contribution in [1.29, 1.82) is 0 Å². The van der Waals surface area contributed by atoms with Crippen LogP contribution < -0.4 is 0 Å². The van der Waals surface area contributed by atoms with Crippen molar-refractivity contribution in [2.75, 3.05) is 20.2 Å². The van der Waals surface area contributed by atoms with Crippen LogP contribution in [0.25, 0.3) is 0 Å². The molecule has 5 heteroatoms. The van der Waals surface area contributed by atoms with E-state index in [-0.39, 0.29) is 6.09 Å². The number of amides is 1. The maximum absolute atomic E-state index is 11.1. The van der Waals surface area contributed by atoms with Crippen molar-refractivity contribution in [1.82, 2.24) is 4.90 Å². The van der Waals surface area contributed by atoms with Crippen LogP contribution in [-0.2, 0) is 4.74 Å². The van der Waals surface area contributed by atoms with E-state index < -0.39 is 0 Å². The van der Waals surface area contributed by atoms with Gasteiger partial charge in [0.1, 0.15) is 0 Å². The maximum atomic E-state index is 11.1. The van der Waals surface area contributed by atoms with Gasteiger partial charge >= 0.3 is 6.09 Å². The summed E-state index contributed by atoms with van der Waals surface area (Å²) < 4.78 is 4.57. The second kappa shape index (κ2) is 4.49. The van der Waals surface area contributed by atoms with E-state index in [1.54, 1.807) is 4.90 Å². The Kier molecular flexibility index (Phi) is 3.31. The van der Waals surface area contributed by atoms with Crippen molar-refractivity contribution in [3.63, 3.8) is 0 Å². The molecule has 0 radical (unpaired) electrons. The van der Waals surface area contributed by atoms with Gasteiger partial charge < -0.3 is 14.8 Å². The fourth-order valence-electron chi connectivity index (χ4n) is 1.22. The number of rotatable bonds is 1. The molecule has 1 N–H and O–H groups in total. The molecule has 1 heterocycles. The quantitative estimate of drug-likeness (QED) is 0.373. The highest BCUT2D eigenvalue weighted by atomic mass is 16.5. The molecule has 1 aliphatic heterocycles. The summed E-state index contributed by atoms with van der Waals surface area (Å²) in [5.74, 6) is 0. The standard InChI is InChI=1S/C8H12N2O3/c1-13-8(11)10-4-2-3-7(6-10)5-9-12/h3,5,12H,2,4,6H2,1H3. The SMILES string of the molecule is COC(=O)N1CCC=C(C=NO)C1. The lowest BCUT2D eigenvalue weighted by atomic mass is 10.1. The van der Waals surface area contributed by atoms with Gasteiger partial charge in [-0.25, -0.2) is 4.79 Å². The predicted octanol–water partition coefficient (Wildman–Crippen LogP) is 0.845. The summed E-state index contributed by atoms with van der Waals surface area (Å²) in [6, 6.07) is 0. The first-order chi connectivity index (χ1) is 6.27. The minimum atomic E-state index is -0.350. The molecule has 13 heavy (non-hydrogen) atoms. The van der Waals surface area contributed by atoms with Crippen LogP contribution in [0.15, 0.2) is 16.8 Å². The molecular formula is C8H12N2O3. The van der Waals surface area contributed by atoms with Gasteiger partial charge in [0.05, 0.1) is 19.9 Å². The fourth-order valence-corrected chi connectivity index (χ4v) is 1.22. The van der Waals surface area contributed by atoms with Crippen LogP contribution >= 0.6 is 0 Å². The van der Waals surface area contributed by atoms with E-state index in [0.717, 1.165) is 12.0 Å². The average molecular weight is 184 g/mol. The van der Waals surface area contributed by atoms with Crippen LogP contribution in [0.2, 0.25) is 0 Å². The van der Waals surface area contributed by atoms with Gasteiger partial charge in [0, 0.05) is 6.54 Å². The van der Waals surface area contributed by atoms with Crippen LogP contribution in [0.3, 0.4) is 0 Å². The molecule has 0 spiro atoms. The third-order valence-electron chi connectivity index (χ3n) is 1.84. The Balaban J connectivity index is 2.57. The lowest BCUT2D eigenvalue weighted by molar-refractivity contribution is 0.127. The minimum absolute atomic E-state index is 0.350. The largest absolute Gasteiger partial charge is 0.453 e. The van der Waals surface area contributed by atoms with Gasteiger partial charge in [0.2, 0.25) is 0 Å². The van der Waals surface area contributed by atoms with E-state index in [1.807, 2.05) is 6.08 Å². The highest BCUT2D eigenvalue weighted by Gasteiger charge is 2.17. The van der Waals surface area contributed by atoms with Crippen LogP contribution in [-0.4, -0.2) is 42.6 Å². The first kappa shape index (κ1) is 9.57. The summed E-state index contributed by atoms with van der Waals surface area (Å²) in [7, 11) is 1.35. The summed E-state index contributed by atoms with van der Waals surface area (Å²) in [5, 5.41) is 11.2. The summed E-state index contributed by atoms with van der Waals surface area (Å²) in [6.07, 6.45) is 3.67. The van der Waals surface area contributed by atoms with Gasteiger partial charge in [-0.2, -0.15) is 0 Å². The number of hydrogen-bond acceptors (Lipinski definition) is 4. The van der Waals surface area contributed by atoms with Crippen molar-refractivity contribution in [3.8, 4) is 0 Å². The second-order valence-electron chi connectivity index (χ2n) is 2.70. The molecule has 0 aromatic rings. The average Bonchev–Trinajstić information content (AvgIpc) is 2.18. The second-order valence-corrected chi connectivity index (χ2v) is 2.70. The molecule has 0 saturated carbocycles. The molecule has 0 atom stereocenters. The van der Waals surface area contributed by atoms with E-state index in [9.17, 15) is 4.79 Å². The number of methoxy groups -OCH3 is 1. The molecular weight excluding hydrogens is 172 g/mol. The zero-order chi connectivity index (χ0) is 9.68. The van der Waals surface area contributed by atoms with Crippen molar-refractivity contribution in [2.24, 2.45) is 5.16 Å². The number of ether oxygens (including phenoxy) is 1. The number of oxime groups is 1. The topological polar surface area (TPSA) is 62.1 Å². The van der Waals surface area contributed by atoms with E-state index in [1.165, 1.54) is 13.3 Å². The lowest BCUT2D eigenvalue weighted by Gasteiger charge is -2.24. The van der Waals surface area contributed by atoms with Crippen LogP contribution in [0.1, 0.15) is 6.42 Å². The zero-order valence-electron chi connectivity index (χ0n) is 7.43. The Bertz CT molecular complexity index is 248. The summed E-state index contributed by atoms with van der Waals surface area (Å²) in [4.78, 5) is 12.6. The third kappa shape index (κ3) is 2.47. The molecule has 0 aliphatic carbocycles. The highest BCUT2D eigenvalue weighted by Crippen LogP contribution is 2.08. The third-order valence-corrected chi connectivity index (χ3v) is 1.84. The van der Waals surface area contributed by atoms with Crippen LogP contribution in [0.5, 0.6) is 0 Å². The Morgan fingerprint density at radius 1 is 1.85 bits per heavy atom. The van der Waals surface area contributed by atoms with E-state index in [2.05, 4.69) is 9.89 Å². The fraction of sp³-hybridized carbons (Fsp3) is 0.500. The molecule has 1 aliphatic rings. The van der Waals surface area contributed by atoms with Gasteiger partial charge in [-0.1, -0.05) is 11.2 Å².